The second-order valence-electron chi connectivity index (χ2n) is 4.72. The van der Waals surface area contributed by atoms with Gasteiger partial charge in [0.25, 0.3) is 5.91 Å². The van der Waals surface area contributed by atoms with Crippen molar-refractivity contribution in [3.05, 3.63) is 39.4 Å². The molecule has 112 valence electrons. The van der Waals surface area contributed by atoms with Crippen LogP contribution in [-0.2, 0) is 13.5 Å². The number of nitrogen functional groups attached to an aromatic ring is 1. The lowest BCUT2D eigenvalue weighted by atomic mass is 10.2. The number of nitrogens with one attached hydrogen (secondary N) is 1. The zero-order chi connectivity index (χ0) is 15.7. The third-order valence-electron chi connectivity index (χ3n) is 3.23. The van der Waals surface area contributed by atoms with Gasteiger partial charge in [-0.3, -0.25) is 9.48 Å². The van der Waals surface area contributed by atoms with Gasteiger partial charge in [-0.25, -0.2) is 4.39 Å². The van der Waals surface area contributed by atoms with Gasteiger partial charge >= 0.3 is 0 Å². The summed E-state index contributed by atoms with van der Waals surface area (Å²) in [5.74, 6) is -0.852. The van der Waals surface area contributed by atoms with E-state index in [4.69, 9.17) is 5.73 Å². The van der Waals surface area contributed by atoms with E-state index in [1.807, 2.05) is 6.92 Å². The first-order valence-electron chi connectivity index (χ1n) is 6.43. The molecule has 21 heavy (non-hydrogen) atoms. The molecule has 0 radical (unpaired) electrons. The Labute approximate surface area is 130 Å². The van der Waals surface area contributed by atoms with Gasteiger partial charge in [-0.1, -0.05) is 6.92 Å². The smallest absolute Gasteiger partial charge is 0.276 e. The molecule has 0 aliphatic heterocycles. The number of rotatable bonds is 3. The molecule has 0 fully saturated rings. The lowest BCUT2D eigenvalue weighted by Gasteiger charge is -2.10. The van der Waals surface area contributed by atoms with Gasteiger partial charge in [-0.2, -0.15) is 5.10 Å². The molecule has 5 nitrogen and oxygen atoms in total. The van der Waals surface area contributed by atoms with Gasteiger partial charge in [-0.05, 0) is 47.0 Å². The van der Waals surface area contributed by atoms with Crippen molar-refractivity contribution in [2.24, 2.45) is 7.05 Å². The van der Waals surface area contributed by atoms with Crippen molar-refractivity contribution in [3.8, 4) is 0 Å². The molecular weight excluding hydrogens is 339 g/mol. The second kappa shape index (κ2) is 5.85. The second-order valence-corrected chi connectivity index (χ2v) is 5.58. The number of carbonyl (C=O) groups is 1. The van der Waals surface area contributed by atoms with Crippen LogP contribution < -0.4 is 11.1 Å². The highest BCUT2D eigenvalue weighted by Gasteiger charge is 2.20. The summed E-state index contributed by atoms with van der Waals surface area (Å²) in [7, 11) is 1.65. The van der Waals surface area contributed by atoms with Crippen molar-refractivity contribution in [1.82, 2.24) is 9.78 Å². The molecule has 0 spiro atoms. The van der Waals surface area contributed by atoms with E-state index < -0.39 is 11.7 Å². The Kier molecular flexibility index (Phi) is 4.32. The molecule has 0 aliphatic rings. The van der Waals surface area contributed by atoms with E-state index in [-0.39, 0.29) is 5.69 Å². The number of amides is 1. The van der Waals surface area contributed by atoms with Gasteiger partial charge in [0.05, 0.1) is 15.9 Å². The number of benzene rings is 1. The monoisotopic (exact) mass is 354 g/mol. The van der Waals surface area contributed by atoms with Crippen LogP contribution >= 0.6 is 15.9 Å². The van der Waals surface area contributed by atoms with E-state index in [1.54, 1.807) is 20.0 Å². The Morgan fingerprint density at radius 3 is 2.76 bits per heavy atom. The first-order chi connectivity index (χ1) is 9.85. The highest BCUT2D eigenvalue weighted by Crippen LogP contribution is 2.25. The largest absolute Gasteiger partial charge is 0.395 e. The van der Waals surface area contributed by atoms with Crippen LogP contribution in [0.25, 0.3) is 0 Å². The molecule has 1 amide bonds. The van der Waals surface area contributed by atoms with Crippen LogP contribution in [0.5, 0.6) is 0 Å². The number of aromatic nitrogens is 2. The van der Waals surface area contributed by atoms with Crippen LogP contribution in [0.3, 0.4) is 0 Å². The summed E-state index contributed by atoms with van der Waals surface area (Å²) < 4.78 is 15.4. The van der Waals surface area contributed by atoms with Crippen molar-refractivity contribution in [2.75, 3.05) is 11.1 Å². The van der Waals surface area contributed by atoms with Crippen molar-refractivity contribution in [3.63, 3.8) is 0 Å². The number of nitrogens with zero attached hydrogens (tertiary/aromatic N) is 2. The predicted octanol–water partition coefficient (Wildman–Crippen LogP) is 3.03. The Balaban J connectivity index is 2.35. The van der Waals surface area contributed by atoms with E-state index in [9.17, 15) is 9.18 Å². The van der Waals surface area contributed by atoms with Crippen LogP contribution in [-0.4, -0.2) is 15.7 Å². The summed E-state index contributed by atoms with van der Waals surface area (Å²) in [5.41, 5.74) is 8.38. The van der Waals surface area contributed by atoms with Gasteiger partial charge in [0.1, 0.15) is 11.5 Å². The zero-order valence-corrected chi connectivity index (χ0v) is 13.6. The first kappa shape index (κ1) is 15.5. The van der Waals surface area contributed by atoms with E-state index in [0.717, 1.165) is 5.56 Å². The Morgan fingerprint density at radius 2 is 2.19 bits per heavy atom. The van der Waals surface area contributed by atoms with E-state index >= 15 is 0 Å². The number of nitrogens with two attached hydrogens (primary N) is 1. The summed E-state index contributed by atoms with van der Waals surface area (Å²) in [4.78, 5) is 12.3. The fourth-order valence-corrected chi connectivity index (χ4v) is 2.55. The Morgan fingerprint density at radius 1 is 1.52 bits per heavy atom. The number of halogens is 2. The summed E-state index contributed by atoms with van der Waals surface area (Å²) >= 11 is 3.11. The van der Waals surface area contributed by atoms with Crippen LogP contribution in [0, 0.1) is 12.7 Å². The Bertz CT molecular complexity index is 711. The van der Waals surface area contributed by atoms with Gasteiger partial charge in [0, 0.05) is 12.7 Å². The minimum absolute atomic E-state index is 0.273. The van der Waals surface area contributed by atoms with Crippen molar-refractivity contribution >= 4 is 33.2 Å². The molecule has 0 atom stereocenters. The Hall–Kier alpha value is -1.89. The molecule has 2 aromatic rings. The van der Waals surface area contributed by atoms with Gasteiger partial charge in [-0.15, -0.1) is 0 Å². The highest BCUT2D eigenvalue weighted by atomic mass is 79.9. The molecule has 0 unspecified atom stereocenters. The molecule has 1 aromatic carbocycles. The van der Waals surface area contributed by atoms with Gasteiger partial charge < -0.3 is 11.1 Å². The standard InChI is InChI=1S/C14H16BrFN4O/c1-4-10-12(17)13(20(3)19-10)14(21)18-11-6-9(16)8(15)5-7(11)2/h5-6H,4,17H2,1-3H3,(H,18,21). The topological polar surface area (TPSA) is 72.9 Å². The third kappa shape index (κ3) is 2.92. The van der Waals surface area contributed by atoms with Gasteiger partial charge in [0.2, 0.25) is 0 Å². The lowest BCUT2D eigenvalue weighted by molar-refractivity contribution is 0.101. The summed E-state index contributed by atoms with van der Waals surface area (Å²) in [5, 5.41) is 6.87. The summed E-state index contributed by atoms with van der Waals surface area (Å²) in [6.45, 7) is 3.69. The number of carbonyl (C=O) groups excluding carboxylic acids is 1. The molecule has 1 heterocycles. The average Bonchev–Trinajstić information content (AvgIpc) is 2.70. The maximum atomic E-state index is 13.6. The summed E-state index contributed by atoms with van der Waals surface area (Å²) in [6.07, 6.45) is 0.638. The molecule has 0 saturated heterocycles. The minimum atomic E-state index is -0.442. The maximum Gasteiger partial charge on any atom is 0.276 e. The fourth-order valence-electron chi connectivity index (χ4n) is 2.09. The number of anilines is 2. The minimum Gasteiger partial charge on any atom is -0.395 e. The van der Waals surface area contributed by atoms with Crippen molar-refractivity contribution in [1.29, 1.82) is 0 Å². The molecule has 0 aliphatic carbocycles. The molecule has 2 rings (SSSR count). The van der Waals surface area contributed by atoms with E-state index in [0.29, 0.717) is 28.0 Å². The average molecular weight is 355 g/mol. The van der Waals surface area contributed by atoms with E-state index in [1.165, 1.54) is 10.7 Å². The lowest BCUT2D eigenvalue weighted by Crippen LogP contribution is -2.18. The maximum absolute atomic E-state index is 13.6. The third-order valence-corrected chi connectivity index (χ3v) is 3.83. The van der Waals surface area contributed by atoms with E-state index in [2.05, 4.69) is 26.3 Å². The van der Waals surface area contributed by atoms with Crippen LogP contribution in [0.15, 0.2) is 16.6 Å². The van der Waals surface area contributed by atoms with Crippen LogP contribution in [0.4, 0.5) is 15.8 Å². The molecule has 3 N–H and O–H groups in total. The molecule has 1 aromatic heterocycles. The molecule has 0 saturated carbocycles. The van der Waals surface area contributed by atoms with Crippen LogP contribution in [0.2, 0.25) is 0 Å². The molecule has 7 heteroatoms. The number of hydrogen-bond acceptors (Lipinski definition) is 3. The van der Waals surface area contributed by atoms with Crippen LogP contribution in [0.1, 0.15) is 28.7 Å². The van der Waals surface area contributed by atoms with Crippen molar-refractivity contribution < 1.29 is 9.18 Å². The highest BCUT2D eigenvalue weighted by molar-refractivity contribution is 9.10. The predicted molar refractivity (Wildman–Crippen MR) is 83.8 cm³/mol. The fraction of sp³-hybridized carbons (Fsp3) is 0.286. The number of hydrogen-bond donors (Lipinski definition) is 2. The first-order valence-corrected chi connectivity index (χ1v) is 7.22. The van der Waals surface area contributed by atoms with Crippen molar-refractivity contribution in [2.45, 2.75) is 20.3 Å². The quantitative estimate of drug-likeness (QED) is 0.889. The molecular formula is C14H16BrFN4O. The van der Waals surface area contributed by atoms with Gasteiger partial charge in [0.15, 0.2) is 0 Å². The zero-order valence-electron chi connectivity index (χ0n) is 12.0. The number of aryl methyl sites for hydroxylation is 3. The normalized spacial score (nSPS) is 10.7. The SMILES string of the molecule is CCc1nn(C)c(C(=O)Nc2cc(F)c(Br)cc2C)c1N. The summed E-state index contributed by atoms with van der Waals surface area (Å²) in [6, 6.07) is 2.87. The molecule has 0 bridgehead atoms.